The van der Waals surface area contributed by atoms with Gasteiger partial charge in [0.05, 0.1) is 5.02 Å². The number of aromatic nitrogens is 1. The van der Waals surface area contributed by atoms with Gasteiger partial charge in [0.1, 0.15) is 9.73 Å². The van der Waals surface area contributed by atoms with Crippen LogP contribution in [0.4, 0.5) is 0 Å². The van der Waals surface area contributed by atoms with Crippen molar-refractivity contribution in [2.24, 2.45) is 5.73 Å². The maximum Gasteiger partial charge on any atom is 0.270 e. The second-order valence-electron chi connectivity index (χ2n) is 4.56. The molecule has 0 amide bonds. The van der Waals surface area contributed by atoms with Crippen molar-refractivity contribution in [3.63, 3.8) is 0 Å². The first-order valence-electron chi connectivity index (χ1n) is 6.33. The Morgan fingerprint density at radius 3 is 2.71 bits per heavy atom. The zero-order valence-electron chi connectivity index (χ0n) is 11.0. The van der Waals surface area contributed by atoms with Crippen LogP contribution in [0.15, 0.2) is 46.8 Å². The van der Waals surface area contributed by atoms with Crippen LogP contribution in [0, 0.1) is 0 Å². The smallest absolute Gasteiger partial charge is 0.270 e. The lowest BCUT2D eigenvalue weighted by Gasteiger charge is -2.07. The van der Waals surface area contributed by atoms with Crippen LogP contribution in [0.25, 0.3) is 10.2 Å². The summed E-state index contributed by atoms with van der Waals surface area (Å²) >= 11 is 7.43. The van der Waals surface area contributed by atoms with Gasteiger partial charge in [-0.3, -0.25) is 0 Å². The monoisotopic (exact) mass is 340 g/mol. The van der Waals surface area contributed by atoms with Gasteiger partial charge in [0, 0.05) is 11.6 Å². The molecule has 2 aromatic heterocycles. The minimum Gasteiger partial charge on any atom is -0.330 e. The van der Waals surface area contributed by atoms with Crippen LogP contribution in [0.2, 0.25) is 5.02 Å². The van der Waals surface area contributed by atoms with Crippen molar-refractivity contribution >= 4 is 43.2 Å². The van der Waals surface area contributed by atoms with Crippen LogP contribution in [-0.2, 0) is 16.4 Å². The molecule has 21 heavy (non-hydrogen) atoms. The van der Waals surface area contributed by atoms with Gasteiger partial charge in [-0.15, -0.1) is 11.3 Å². The molecule has 0 aliphatic rings. The van der Waals surface area contributed by atoms with E-state index >= 15 is 0 Å². The fourth-order valence-electron chi connectivity index (χ4n) is 2.28. The highest BCUT2D eigenvalue weighted by Crippen LogP contribution is 2.32. The molecule has 2 heterocycles. The fourth-order valence-corrected chi connectivity index (χ4v) is 5.31. The van der Waals surface area contributed by atoms with Gasteiger partial charge in [-0.05, 0) is 42.1 Å². The van der Waals surface area contributed by atoms with Crippen molar-refractivity contribution in [1.82, 2.24) is 3.97 Å². The number of rotatable bonds is 4. The van der Waals surface area contributed by atoms with Crippen LogP contribution < -0.4 is 5.73 Å². The minimum absolute atomic E-state index is 0.108. The van der Waals surface area contributed by atoms with E-state index in [-0.39, 0.29) is 9.92 Å². The van der Waals surface area contributed by atoms with Gasteiger partial charge in [-0.25, -0.2) is 12.4 Å². The molecule has 7 heteroatoms. The molecule has 0 aliphatic carbocycles. The number of nitrogens with zero attached hydrogens (tertiary/aromatic N) is 1. The molecule has 0 spiro atoms. The molecule has 0 saturated heterocycles. The summed E-state index contributed by atoms with van der Waals surface area (Å²) in [6.07, 6.45) is 2.28. The number of halogens is 1. The lowest BCUT2D eigenvalue weighted by molar-refractivity contribution is 0.589. The Morgan fingerprint density at radius 2 is 2.00 bits per heavy atom. The first-order chi connectivity index (χ1) is 10.1. The zero-order chi connectivity index (χ0) is 15.0. The predicted octanol–water partition coefficient (Wildman–Crippen LogP) is 3.09. The molecule has 0 fully saturated rings. The van der Waals surface area contributed by atoms with E-state index in [1.807, 2.05) is 11.4 Å². The Balaban J connectivity index is 2.25. The lowest BCUT2D eigenvalue weighted by atomic mass is 10.2. The Hall–Kier alpha value is -1.34. The molecule has 0 saturated carbocycles. The van der Waals surface area contributed by atoms with E-state index in [4.69, 9.17) is 17.3 Å². The van der Waals surface area contributed by atoms with Crippen molar-refractivity contribution in [1.29, 1.82) is 0 Å². The third-order valence-electron chi connectivity index (χ3n) is 3.25. The van der Waals surface area contributed by atoms with Crippen LogP contribution >= 0.6 is 22.9 Å². The highest BCUT2D eigenvalue weighted by Gasteiger charge is 2.23. The number of benzene rings is 1. The largest absolute Gasteiger partial charge is 0.330 e. The quantitative estimate of drug-likeness (QED) is 0.793. The van der Waals surface area contributed by atoms with E-state index in [0.717, 1.165) is 10.9 Å². The summed E-state index contributed by atoms with van der Waals surface area (Å²) in [4.78, 5) is 0.801. The molecule has 0 radical (unpaired) electrons. The van der Waals surface area contributed by atoms with Gasteiger partial charge >= 0.3 is 0 Å². The van der Waals surface area contributed by atoms with Crippen molar-refractivity contribution in [2.75, 3.05) is 6.54 Å². The van der Waals surface area contributed by atoms with Gasteiger partial charge in [-0.1, -0.05) is 23.7 Å². The number of thiophene rings is 1. The van der Waals surface area contributed by atoms with Crippen molar-refractivity contribution < 1.29 is 8.42 Å². The summed E-state index contributed by atoms with van der Waals surface area (Å²) in [6, 6.07) is 8.37. The summed E-state index contributed by atoms with van der Waals surface area (Å²) in [6.45, 7) is 0.473. The van der Waals surface area contributed by atoms with E-state index in [2.05, 4.69) is 0 Å². The van der Waals surface area contributed by atoms with Gasteiger partial charge in [0.2, 0.25) is 0 Å². The lowest BCUT2D eigenvalue weighted by Crippen LogP contribution is -2.12. The predicted molar refractivity (Wildman–Crippen MR) is 86.6 cm³/mol. The molecule has 0 unspecified atom stereocenters. The topological polar surface area (TPSA) is 65.1 Å². The third kappa shape index (κ3) is 2.38. The maximum absolute atomic E-state index is 12.8. The Morgan fingerprint density at radius 1 is 1.24 bits per heavy atom. The molecule has 0 aliphatic heterocycles. The SMILES string of the molecule is NCCc1cn(S(=O)(=O)c2ccccc2Cl)c2sccc12. The van der Waals surface area contributed by atoms with Gasteiger partial charge in [-0.2, -0.15) is 0 Å². The molecule has 4 nitrogen and oxygen atoms in total. The van der Waals surface area contributed by atoms with Crippen molar-refractivity contribution in [2.45, 2.75) is 11.3 Å². The summed E-state index contributed by atoms with van der Waals surface area (Å²) in [5, 5.41) is 3.03. The second kappa shape index (κ2) is 5.46. The average Bonchev–Trinajstić information content (AvgIpc) is 3.03. The van der Waals surface area contributed by atoms with Gasteiger partial charge < -0.3 is 5.73 Å². The Bertz CT molecular complexity index is 897. The number of hydrogen-bond donors (Lipinski definition) is 1. The Kier molecular flexibility index (Phi) is 3.79. The normalized spacial score (nSPS) is 12.1. The number of hydrogen-bond acceptors (Lipinski definition) is 4. The summed E-state index contributed by atoms with van der Waals surface area (Å²) in [5.41, 5.74) is 6.53. The summed E-state index contributed by atoms with van der Waals surface area (Å²) in [5.74, 6) is 0. The van der Waals surface area contributed by atoms with E-state index in [1.165, 1.54) is 21.4 Å². The molecule has 110 valence electrons. The first kappa shape index (κ1) is 14.6. The van der Waals surface area contributed by atoms with Crippen LogP contribution in [0.1, 0.15) is 5.56 Å². The molecule has 2 N–H and O–H groups in total. The van der Waals surface area contributed by atoms with E-state index in [1.54, 1.807) is 24.4 Å². The molecular formula is C14H13ClN2O2S2. The van der Waals surface area contributed by atoms with Crippen LogP contribution in [0.5, 0.6) is 0 Å². The van der Waals surface area contributed by atoms with E-state index in [0.29, 0.717) is 17.8 Å². The van der Waals surface area contributed by atoms with Crippen LogP contribution in [0.3, 0.4) is 0 Å². The molecule has 0 atom stereocenters. The van der Waals surface area contributed by atoms with Gasteiger partial charge in [0.15, 0.2) is 0 Å². The average molecular weight is 341 g/mol. The third-order valence-corrected chi connectivity index (χ3v) is 6.44. The molecular weight excluding hydrogens is 328 g/mol. The van der Waals surface area contributed by atoms with E-state index in [9.17, 15) is 8.42 Å². The second-order valence-corrected chi connectivity index (χ2v) is 7.65. The standard InChI is InChI=1S/C14H13ClN2O2S2/c15-12-3-1-2-4-13(12)21(18,19)17-9-10(5-7-16)11-6-8-20-14(11)17/h1-4,6,8-9H,5,7,16H2. The molecule has 0 bridgehead atoms. The van der Waals surface area contributed by atoms with Crippen molar-refractivity contribution in [3.05, 3.63) is 52.5 Å². The highest BCUT2D eigenvalue weighted by atomic mass is 35.5. The number of nitrogens with two attached hydrogens (primary N) is 1. The molecule has 3 rings (SSSR count). The van der Waals surface area contributed by atoms with E-state index < -0.39 is 10.0 Å². The van der Waals surface area contributed by atoms with Crippen LogP contribution in [-0.4, -0.2) is 18.9 Å². The summed E-state index contributed by atoms with van der Waals surface area (Å²) < 4.78 is 27.0. The highest BCUT2D eigenvalue weighted by molar-refractivity contribution is 7.90. The summed E-state index contributed by atoms with van der Waals surface area (Å²) in [7, 11) is -3.71. The van der Waals surface area contributed by atoms with Gasteiger partial charge in [0.25, 0.3) is 10.0 Å². The fraction of sp³-hybridized carbons (Fsp3) is 0.143. The number of fused-ring (bicyclic) bond motifs is 1. The molecule has 1 aromatic carbocycles. The van der Waals surface area contributed by atoms with Crippen molar-refractivity contribution in [3.8, 4) is 0 Å². The maximum atomic E-state index is 12.8. The molecule has 3 aromatic rings. The first-order valence-corrected chi connectivity index (χ1v) is 9.03. The Labute approximate surface area is 131 Å². The zero-order valence-corrected chi connectivity index (χ0v) is 13.4. The minimum atomic E-state index is -3.71.